The summed E-state index contributed by atoms with van der Waals surface area (Å²) < 4.78 is 0. The van der Waals surface area contributed by atoms with Crippen molar-refractivity contribution in [1.82, 2.24) is 9.97 Å². The number of nitrogens with zero attached hydrogens (tertiary/aromatic N) is 2. The molecule has 1 aromatic heterocycles. The highest BCUT2D eigenvalue weighted by Crippen LogP contribution is 2.23. The summed E-state index contributed by atoms with van der Waals surface area (Å²) in [7, 11) is 0. The standard InChI is InChI=1S/C12H13ClN2S/c1-9(6-7-13)16-12-14-8-10-4-2-3-5-11(10)15-12/h2-5,8-9H,6-7H2,1H3. The van der Waals surface area contributed by atoms with Crippen LogP contribution >= 0.6 is 23.4 Å². The molecule has 0 spiro atoms. The van der Waals surface area contributed by atoms with Gasteiger partial charge in [0, 0.05) is 22.7 Å². The van der Waals surface area contributed by atoms with Crippen LogP contribution in [0.25, 0.3) is 10.9 Å². The number of halogens is 1. The summed E-state index contributed by atoms with van der Waals surface area (Å²) in [6.07, 6.45) is 2.85. The average molecular weight is 253 g/mol. The fourth-order valence-electron chi connectivity index (χ4n) is 1.40. The summed E-state index contributed by atoms with van der Waals surface area (Å²) in [6.45, 7) is 2.14. The van der Waals surface area contributed by atoms with Gasteiger partial charge in [0.15, 0.2) is 5.16 Å². The predicted molar refractivity (Wildman–Crippen MR) is 70.2 cm³/mol. The number of para-hydroxylation sites is 1. The van der Waals surface area contributed by atoms with Crippen molar-refractivity contribution in [3.05, 3.63) is 30.5 Å². The van der Waals surface area contributed by atoms with Crippen molar-refractivity contribution in [3.63, 3.8) is 0 Å². The van der Waals surface area contributed by atoms with Gasteiger partial charge in [-0.05, 0) is 12.5 Å². The fraction of sp³-hybridized carbons (Fsp3) is 0.333. The smallest absolute Gasteiger partial charge is 0.188 e. The van der Waals surface area contributed by atoms with E-state index in [-0.39, 0.29) is 0 Å². The lowest BCUT2D eigenvalue weighted by atomic mass is 10.2. The molecule has 0 saturated heterocycles. The maximum atomic E-state index is 5.70. The summed E-state index contributed by atoms with van der Waals surface area (Å²) in [6, 6.07) is 8.01. The fourth-order valence-corrected chi connectivity index (χ4v) is 2.72. The van der Waals surface area contributed by atoms with E-state index in [2.05, 4.69) is 16.9 Å². The number of thioether (sulfide) groups is 1. The lowest BCUT2D eigenvalue weighted by molar-refractivity contribution is 0.896. The van der Waals surface area contributed by atoms with E-state index in [0.29, 0.717) is 11.1 Å². The normalized spacial score (nSPS) is 12.9. The molecule has 0 aliphatic rings. The lowest BCUT2D eigenvalue weighted by Crippen LogP contribution is -1.99. The second-order valence-corrected chi connectivity index (χ2v) is 5.40. The second-order valence-electron chi connectivity index (χ2n) is 3.62. The quantitative estimate of drug-likeness (QED) is 0.471. The van der Waals surface area contributed by atoms with E-state index in [9.17, 15) is 0 Å². The molecule has 2 aromatic rings. The van der Waals surface area contributed by atoms with Crippen LogP contribution in [-0.4, -0.2) is 21.1 Å². The number of aromatic nitrogens is 2. The lowest BCUT2D eigenvalue weighted by Gasteiger charge is -2.07. The van der Waals surface area contributed by atoms with Crippen LogP contribution in [0.15, 0.2) is 35.6 Å². The largest absolute Gasteiger partial charge is 0.230 e. The first-order valence-corrected chi connectivity index (χ1v) is 6.65. The van der Waals surface area contributed by atoms with Crippen molar-refractivity contribution in [1.29, 1.82) is 0 Å². The molecule has 1 heterocycles. The minimum Gasteiger partial charge on any atom is -0.230 e. The Balaban J connectivity index is 2.19. The van der Waals surface area contributed by atoms with Gasteiger partial charge < -0.3 is 0 Å². The summed E-state index contributed by atoms with van der Waals surface area (Å²) in [5.74, 6) is 0.682. The Labute approximate surface area is 104 Å². The number of rotatable bonds is 4. The first-order valence-electron chi connectivity index (χ1n) is 5.24. The Hall–Kier alpha value is -0.800. The summed E-state index contributed by atoms with van der Waals surface area (Å²) in [5.41, 5.74) is 0.998. The Bertz CT molecular complexity index is 475. The molecule has 0 aliphatic heterocycles. The average Bonchev–Trinajstić information content (AvgIpc) is 2.29. The Kier molecular flexibility index (Phi) is 4.02. The first kappa shape index (κ1) is 11.7. The zero-order valence-corrected chi connectivity index (χ0v) is 10.6. The molecule has 0 radical (unpaired) electrons. The van der Waals surface area contributed by atoms with Gasteiger partial charge in [0.2, 0.25) is 0 Å². The molecule has 84 valence electrons. The topological polar surface area (TPSA) is 25.8 Å². The van der Waals surface area contributed by atoms with Crippen molar-refractivity contribution in [2.24, 2.45) is 0 Å². The molecule has 0 saturated carbocycles. The SMILES string of the molecule is CC(CCCl)Sc1ncc2ccccc2n1. The van der Waals surface area contributed by atoms with Crippen molar-refractivity contribution in [2.75, 3.05) is 5.88 Å². The molecular weight excluding hydrogens is 240 g/mol. The summed E-state index contributed by atoms with van der Waals surface area (Å²) in [5, 5.41) is 2.37. The van der Waals surface area contributed by atoms with E-state index in [1.165, 1.54) is 0 Å². The second kappa shape index (κ2) is 5.51. The summed E-state index contributed by atoms with van der Waals surface area (Å²) >= 11 is 7.38. The monoisotopic (exact) mass is 252 g/mol. The van der Waals surface area contributed by atoms with E-state index >= 15 is 0 Å². The van der Waals surface area contributed by atoms with Crippen LogP contribution in [0.1, 0.15) is 13.3 Å². The Morgan fingerprint density at radius 3 is 3.00 bits per heavy atom. The molecule has 1 atom stereocenters. The maximum Gasteiger partial charge on any atom is 0.188 e. The van der Waals surface area contributed by atoms with Crippen molar-refractivity contribution < 1.29 is 0 Å². The molecule has 0 N–H and O–H groups in total. The van der Waals surface area contributed by atoms with Crippen molar-refractivity contribution in [3.8, 4) is 0 Å². The molecule has 4 heteroatoms. The van der Waals surface area contributed by atoms with Crippen molar-refractivity contribution in [2.45, 2.75) is 23.8 Å². The van der Waals surface area contributed by atoms with Gasteiger partial charge in [0.05, 0.1) is 5.52 Å². The molecule has 1 aromatic carbocycles. The van der Waals surface area contributed by atoms with Crippen LogP contribution in [-0.2, 0) is 0 Å². The minimum atomic E-state index is 0.457. The van der Waals surface area contributed by atoms with Crippen LogP contribution in [0.4, 0.5) is 0 Å². The zero-order valence-electron chi connectivity index (χ0n) is 9.06. The van der Waals surface area contributed by atoms with Gasteiger partial charge in [0.25, 0.3) is 0 Å². The molecule has 1 unspecified atom stereocenters. The van der Waals surface area contributed by atoms with Crippen LogP contribution in [0, 0.1) is 0 Å². The number of alkyl halides is 1. The molecule has 2 nitrogen and oxygen atoms in total. The van der Waals surface area contributed by atoms with Gasteiger partial charge >= 0.3 is 0 Å². The zero-order chi connectivity index (χ0) is 11.4. The van der Waals surface area contributed by atoms with Gasteiger partial charge in [-0.3, -0.25) is 0 Å². The third-order valence-electron chi connectivity index (χ3n) is 2.29. The molecule has 16 heavy (non-hydrogen) atoms. The van der Waals surface area contributed by atoms with Crippen LogP contribution in [0.5, 0.6) is 0 Å². The van der Waals surface area contributed by atoms with Crippen molar-refractivity contribution >= 4 is 34.3 Å². The van der Waals surface area contributed by atoms with Gasteiger partial charge in [0.1, 0.15) is 0 Å². The number of benzene rings is 1. The predicted octanol–water partition coefficient (Wildman–Crippen LogP) is 3.74. The third kappa shape index (κ3) is 2.86. The number of hydrogen-bond donors (Lipinski definition) is 0. The highest BCUT2D eigenvalue weighted by molar-refractivity contribution is 7.99. The minimum absolute atomic E-state index is 0.457. The van der Waals surface area contributed by atoms with Crippen LogP contribution in [0.3, 0.4) is 0 Å². The van der Waals surface area contributed by atoms with Crippen LogP contribution in [0.2, 0.25) is 0 Å². The first-order chi connectivity index (χ1) is 7.79. The Morgan fingerprint density at radius 1 is 1.38 bits per heavy atom. The Morgan fingerprint density at radius 2 is 2.19 bits per heavy atom. The van der Waals surface area contributed by atoms with E-state index in [0.717, 1.165) is 22.5 Å². The number of hydrogen-bond acceptors (Lipinski definition) is 3. The van der Waals surface area contributed by atoms with E-state index in [1.54, 1.807) is 11.8 Å². The van der Waals surface area contributed by atoms with E-state index in [4.69, 9.17) is 11.6 Å². The van der Waals surface area contributed by atoms with E-state index in [1.807, 2.05) is 30.5 Å². The molecule has 0 aliphatic carbocycles. The number of fused-ring (bicyclic) bond motifs is 1. The third-order valence-corrected chi connectivity index (χ3v) is 3.55. The molecular formula is C12H13ClN2S. The summed E-state index contributed by atoms with van der Waals surface area (Å²) in [4.78, 5) is 8.84. The highest BCUT2D eigenvalue weighted by atomic mass is 35.5. The molecule has 0 fully saturated rings. The van der Waals surface area contributed by atoms with Gasteiger partial charge in [-0.15, -0.1) is 11.6 Å². The molecule has 0 bridgehead atoms. The molecule has 0 amide bonds. The molecule has 2 rings (SSSR count). The van der Waals surface area contributed by atoms with Gasteiger partial charge in [-0.2, -0.15) is 0 Å². The highest BCUT2D eigenvalue weighted by Gasteiger charge is 2.06. The maximum absolute atomic E-state index is 5.70. The van der Waals surface area contributed by atoms with Crippen LogP contribution < -0.4 is 0 Å². The van der Waals surface area contributed by atoms with E-state index < -0.39 is 0 Å². The van der Waals surface area contributed by atoms with Gasteiger partial charge in [-0.25, -0.2) is 9.97 Å². The van der Waals surface area contributed by atoms with Gasteiger partial charge in [-0.1, -0.05) is 36.9 Å².